The lowest BCUT2D eigenvalue weighted by atomic mass is 9.87. The van der Waals surface area contributed by atoms with Gasteiger partial charge in [0, 0.05) is 50.4 Å². The molecule has 0 bridgehead atoms. The second kappa shape index (κ2) is 9.54. The molecule has 0 spiro atoms. The Labute approximate surface area is 186 Å². The average Bonchev–Trinajstić information content (AvgIpc) is 2.75. The number of amides is 2. The van der Waals surface area contributed by atoms with E-state index in [1.54, 1.807) is 0 Å². The van der Waals surface area contributed by atoms with Crippen LogP contribution in [0.3, 0.4) is 0 Å². The summed E-state index contributed by atoms with van der Waals surface area (Å²) in [5, 5.41) is 2.88. The quantitative estimate of drug-likeness (QED) is 0.792. The molecule has 31 heavy (non-hydrogen) atoms. The van der Waals surface area contributed by atoms with Gasteiger partial charge in [-0.05, 0) is 54.2 Å². The van der Waals surface area contributed by atoms with E-state index in [4.69, 9.17) is 0 Å². The van der Waals surface area contributed by atoms with Crippen molar-refractivity contribution in [3.63, 3.8) is 0 Å². The largest absolute Gasteiger partial charge is 0.368 e. The van der Waals surface area contributed by atoms with E-state index < -0.39 is 0 Å². The molecule has 1 N–H and O–H groups in total. The third-order valence-electron chi connectivity index (χ3n) is 6.19. The smallest absolute Gasteiger partial charge is 0.251 e. The first-order chi connectivity index (χ1) is 14.7. The predicted molar refractivity (Wildman–Crippen MR) is 127 cm³/mol. The van der Waals surface area contributed by atoms with Crippen LogP contribution in [0, 0.1) is 13.8 Å². The molecule has 0 unspecified atom stereocenters. The van der Waals surface area contributed by atoms with E-state index in [-0.39, 0.29) is 17.2 Å². The monoisotopic (exact) mass is 421 g/mol. The molecule has 2 aromatic carbocycles. The fourth-order valence-corrected chi connectivity index (χ4v) is 3.94. The van der Waals surface area contributed by atoms with Crippen LogP contribution in [0.25, 0.3) is 0 Å². The van der Waals surface area contributed by atoms with Crippen LogP contribution >= 0.6 is 0 Å². The summed E-state index contributed by atoms with van der Waals surface area (Å²) >= 11 is 0. The van der Waals surface area contributed by atoms with Gasteiger partial charge in [0.25, 0.3) is 5.91 Å². The van der Waals surface area contributed by atoms with Crippen molar-refractivity contribution in [3.8, 4) is 0 Å². The molecule has 5 heteroatoms. The van der Waals surface area contributed by atoms with Crippen molar-refractivity contribution in [2.24, 2.45) is 0 Å². The van der Waals surface area contributed by atoms with Crippen LogP contribution in [0.4, 0.5) is 5.69 Å². The maximum atomic E-state index is 12.6. The van der Waals surface area contributed by atoms with Gasteiger partial charge in [-0.3, -0.25) is 9.59 Å². The highest BCUT2D eigenvalue weighted by Gasteiger charge is 2.22. The Bertz CT molecular complexity index is 921. The van der Waals surface area contributed by atoms with Crippen molar-refractivity contribution in [1.82, 2.24) is 10.2 Å². The molecule has 1 aliphatic heterocycles. The average molecular weight is 422 g/mol. The molecule has 3 rings (SSSR count). The topological polar surface area (TPSA) is 52.6 Å². The van der Waals surface area contributed by atoms with Crippen LogP contribution in [0.2, 0.25) is 0 Å². The van der Waals surface area contributed by atoms with Gasteiger partial charge in [0.1, 0.15) is 0 Å². The molecule has 0 aromatic heterocycles. The highest BCUT2D eigenvalue weighted by Crippen LogP contribution is 2.24. The van der Waals surface area contributed by atoms with E-state index in [1.807, 2.05) is 29.2 Å². The zero-order valence-electron chi connectivity index (χ0n) is 19.5. The molecule has 0 atom stereocenters. The first-order valence-electron chi connectivity index (χ1n) is 11.1. The summed E-state index contributed by atoms with van der Waals surface area (Å²) in [6.45, 7) is 14.2. The normalized spacial score (nSPS) is 14.5. The molecule has 1 saturated heterocycles. The van der Waals surface area contributed by atoms with Gasteiger partial charge < -0.3 is 15.1 Å². The van der Waals surface area contributed by atoms with E-state index in [2.05, 4.69) is 63.0 Å². The van der Waals surface area contributed by atoms with Crippen LogP contribution in [-0.2, 0) is 10.2 Å². The maximum absolute atomic E-state index is 12.6. The molecule has 2 aromatic rings. The predicted octanol–water partition coefficient (Wildman–Crippen LogP) is 4.07. The summed E-state index contributed by atoms with van der Waals surface area (Å²) in [4.78, 5) is 29.2. The summed E-state index contributed by atoms with van der Waals surface area (Å²) in [5.41, 5.74) is 5.74. The SMILES string of the molecule is Cc1cccc(N2CCN(C(=O)CCNC(=O)c3ccc(C(C)(C)C)cc3)CC2)c1C. The van der Waals surface area contributed by atoms with Gasteiger partial charge in [0.2, 0.25) is 5.91 Å². The van der Waals surface area contributed by atoms with E-state index >= 15 is 0 Å². The van der Waals surface area contributed by atoms with Crippen LogP contribution < -0.4 is 10.2 Å². The van der Waals surface area contributed by atoms with Crippen molar-refractivity contribution < 1.29 is 9.59 Å². The van der Waals surface area contributed by atoms with Gasteiger partial charge >= 0.3 is 0 Å². The fourth-order valence-electron chi connectivity index (χ4n) is 3.94. The number of nitrogens with one attached hydrogen (secondary N) is 1. The number of hydrogen-bond acceptors (Lipinski definition) is 3. The molecule has 1 heterocycles. The molecule has 1 fully saturated rings. The van der Waals surface area contributed by atoms with Crippen molar-refractivity contribution in [1.29, 1.82) is 0 Å². The van der Waals surface area contributed by atoms with E-state index in [0.717, 1.165) is 13.1 Å². The fraction of sp³-hybridized carbons (Fsp3) is 0.462. The van der Waals surface area contributed by atoms with Crippen molar-refractivity contribution in [3.05, 3.63) is 64.7 Å². The first-order valence-corrected chi connectivity index (χ1v) is 11.1. The number of carbonyl (C=O) groups is 2. The van der Waals surface area contributed by atoms with E-state index in [1.165, 1.54) is 22.4 Å². The lowest BCUT2D eigenvalue weighted by molar-refractivity contribution is -0.131. The number of anilines is 1. The Morgan fingerprint density at radius 3 is 2.19 bits per heavy atom. The minimum Gasteiger partial charge on any atom is -0.368 e. The van der Waals surface area contributed by atoms with E-state index in [0.29, 0.717) is 31.6 Å². The van der Waals surface area contributed by atoms with E-state index in [9.17, 15) is 9.59 Å². The summed E-state index contributed by atoms with van der Waals surface area (Å²) in [6.07, 6.45) is 0.329. The number of piperazine rings is 1. The van der Waals surface area contributed by atoms with Crippen LogP contribution in [0.15, 0.2) is 42.5 Å². The highest BCUT2D eigenvalue weighted by molar-refractivity contribution is 5.94. The van der Waals surface area contributed by atoms with Gasteiger partial charge in [-0.1, -0.05) is 45.0 Å². The number of aryl methyl sites for hydroxylation is 1. The molecular formula is C26H35N3O2. The molecule has 1 aliphatic rings. The Morgan fingerprint density at radius 1 is 0.935 bits per heavy atom. The molecule has 0 radical (unpaired) electrons. The molecule has 0 aliphatic carbocycles. The third kappa shape index (κ3) is 5.66. The lowest BCUT2D eigenvalue weighted by Gasteiger charge is -2.37. The second-order valence-electron chi connectivity index (χ2n) is 9.42. The minimum absolute atomic E-state index is 0.0590. The highest BCUT2D eigenvalue weighted by atomic mass is 16.2. The van der Waals surface area contributed by atoms with Crippen molar-refractivity contribution in [2.75, 3.05) is 37.6 Å². The standard InChI is InChI=1S/C26H35N3O2/c1-19-7-6-8-23(20(19)2)28-15-17-29(18-16-28)24(30)13-14-27-25(31)21-9-11-22(12-10-21)26(3,4)5/h6-12H,13-18H2,1-5H3,(H,27,31). The molecule has 5 nitrogen and oxygen atoms in total. The molecule has 166 valence electrons. The molecule has 0 saturated carbocycles. The Kier molecular flexibility index (Phi) is 7.04. The number of nitrogens with zero attached hydrogens (tertiary/aromatic N) is 2. The molecular weight excluding hydrogens is 386 g/mol. The van der Waals surface area contributed by atoms with Gasteiger partial charge in [-0.2, -0.15) is 0 Å². The van der Waals surface area contributed by atoms with Crippen LogP contribution in [-0.4, -0.2) is 49.4 Å². The van der Waals surface area contributed by atoms with Crippen LogP contribution in [0.5, 0.6) is 0 Å². The second-order valence-corrected chi connectivity index (χ2v) is 9.42. The summed E-state index contributed by atoms with van der Waals surface area (Å²) < 4.78 is 0. The summed E-state index contributed by atoms with van der Waals surface area (Å²) in [7, 11) is 0. The van der Waals surface area contributed by atoms with Gasteiger partial charge in [-0.25, -0.2) is 0 Å². The number of hydrogen-bond donors (Lipinski definition) is 1. The zero-order chi connectivity index (χ0) is 22.6. The Hall–Kier alpha value is -2.82. The zero-order valence-corrected chi connectivity index (χ0v) is 19.5. The Balaban J connectivity index is 1.44. The lowest BCUT2D eigenvalue weighted by Crippen LogP contribution is -2.49. The third-order valence-corrected chi connectivity index (χ3v) is 6.19. The summed E-state index contributed by atoms with van der Waals surface area (Å²) in [6, 6.07) is 14.1. The van der Waals surface area contributed by atoms with Crippen molar-refractivity contribution >= 4 is 17.5 Å². The maximum Gasteiger partial charge on any atom is 0.251 e. The van der Waals surface area contributed by atoms with Gasteiger partial charge in [-0.15, -0.1) is 0 Å². The van der Waals surface area contributed by atoms with Gasteiger partial charge in [0.15, 0.2) is 0 Å². The number of carbonyl (C=O) groups excluding carboxylic acids is 2. The van der Waals surface area contributed by atoms with Gasteiger partial charge in [0.05, 0.1) is 0 Å². The van der Waals surface area contributed by atoms with Crippen molar-refractivity contribution in [2.45, 2.75) is 46.5 Å². The summed E-state index contributed by atoms with van der Waals surface area (Å²) in [5.74, 6) is -0.0306. The number of benzene rings is 2. The Morgan fingerprint density at radius 2 is 1.58 bits per heavy atom. The van der Waals surface area contributed by atoms with Crippen LogP contribution in [0.1, 0.15) is 54.2 Å². The molecule has 2 amide bonds. The first kappa shape index (κ1) is 22.9. The minimum atomic E-state index is -0.131. The number of rotatable bonds is 5.